The third kappa shape index (κ3) is 5.58. The van der Waals surface area contributed by atoms with Gasteiger partial charge in [-0.2, -0.15) is 4.98 Å². The van der Waals surface area contributed by atoms with Gasteiger partial charge in [0.25, 0.3) is 0 Å². The Labute approximate surface area is 176 Å². The Morgan fingerprint density at radius 1 is 1.33 bits per heavy atom. The lowest BCUT2D eigenvalue weighted by Crippen LogP contribution is -2.20. The van der Waals surface area contributed by atoms with Gasteiger partial charge in [-0.15, -0.1) is 17.9 Å². The van der Waals surface area contributed by atoms with Gasteiger partial charge in [0.15, 0.2) is 5.13 Å². The zero-order chi connectivity index (χ0) is 20.2. The summed E-state index contributed by atoms with van der Waals surface area (Å²) in [6.07, 6.45) is 2.09. The van der Waals surface area contributed by atoms with Crippen molar-refractivity contribution in [3.8, 4) is 5.88 Å². The Kier molecular flexibility index (Phi) is 7.53. The molecule has 2 aromatic rings. The number of anilines is 1. The first-order valence-electron chi connectivity index (χ1n) is 7.62. The fraction of sp³-hybridized carbons (Fsp3) is 0.250. The number of nitrogens with zero attached hydrogens (tertiary/aromatic N) is 1. The van der Waals surface area contributed by atoms with Crippen molar-refractivity contribution >= 4 is 67.3 Å². The molecule has 0 aliphatic carbocycles. The number of carbonyl (C=O) groups is 1. The lowest BCUT2D eigenvalue weighted by atomic mass is 10.1. The van der Waals surface area contributed by atoms with E-state index >= 15 is 0 Å². The molecule has 0 aliphatic heterocycles. The molecule has 2 rings (SSSR count). The number of aromatic nitrogens is 1. The number of carbonyl (C=O) groups excluding carboxylic acids is 1. The maximum Gasteiger partial charge on any atom is 0.312 e. The lowest BCUT2D eigenvalue weighted by molar-refractivity contribution is -0.134. The molecule has 1 aromatic heterocycles. The van der Waals surface area contributed by atoms with Crippen molar-refractivity contribution in [2.24, 2.45) is 0 Å². The van der Waals surface area contributed by atoms with Gasteiger partial charge in [-0.25, -0.2) is 8.42 Å². The Morgan fingerprint density at radius 2 is 2.00 bits per heavy atom. The number of benzene rings is 1. The number of thiazole rings is 1. The number of hydrogen-bond donors (Lipinski definition) is 1. The van der Waals surface area contributed by atoms with Gasteiger partial charge in [0.1, 0.15) is 5.25 Å². The average molecular weight is 470 g/mol. The smallest absolute Gasteiger partial charge is 0.312 e. The second kappa shape index (κ2) is 9.25. The zero-order valence-electron chi connectivity index (χ0n) is 14.0. The van der Waals surface area contributed by atoms with E-state index in [-0.39, 0.29) is 38.1 Å². The SMILES string of the molecule is C=CC(c1cc(Cl)c(Cl)cc1Cl)S(=O)(=O)Nc1nc(OC(=O)CCC)cs1. The van der Waals surface area contributed by atoms with Crippen LogP contribution in [-0.2, 0) is 14.8 Å². The molecule has 0 radical (unpaired) electrons. The minimum Gasteiger partial charge on any atom is -0.406 e. The highest BCUT2D eigenvalue weighted by atomic mass is 35.5. The first kappa shape index (κ1) is 22.0. The maximum atomic E-state index is 12.8. The number of nitrogens with one attached hydrogen (secondary N) is 1. The molecule has 0 aliphatic rings. The van der Waals surface area contributed by atoms with Crippen LogP contribution in [0.1, 0.15) is 30.6 Å². The highest BCUT2D eigenvalue weighted by Gasteiger charge is 2.28. The monoisotopic (exact) mass is 468 g/mol. The number of halogens is 3. The van der Waals surface area contributed by atoms with Crippen LogP contribution in [0.2, 0.25) is 15.1 Å². The summed E-state index contributed by atoms with van der Waals surface area (Å²) in [5.41, 5.74) is 0.222. The summed E-state index contributed by atoms with van der Waals surface area (Å²) in [7, 11) is -4.00. The van der Waals surface area contributed by atoms with E-state index in [0.717, 1.165) is 11.3 Å². The molecule has 1 unspecified atom stereocenters. The zero-order valence-corrected chi connectivity index (χ0v) is 17.9. The van der Waals surface area contributed by atoms with E-state index < -0.39 is 21.2 Å². The quantitative estimate of drug-likeness (QED) is 0.314. The van der Waals surface area contributed by atoms with Gasteiger partial charge in [0.2, 0.25) is 15.9 Å². The van der Waals surface area contributed by atoms with Crippen LogP contribution in [0.25, 0.3) is 0 Å². The summed E-state index contributed by atoms with van der Waals surface area (Å²) >= 11 is 19.0. The van der Waals surface area contributed by atoms with Crippen LogP contribution in [0.5, 0.6) is 5.88 Å². The Bertz CT molecular complexity index is 961. The number of esters is 1. The van der Waals surface area contributed by atoms with Crippen LogP contribution in [0.3, 0.4) is 0 Å². The number of ether oxygens (including phenoxy) is 1. The third-order valence-electron chi connectivity index (χ3n) is 3.28. The standard InChI is InChI=1S/C16H15Cl3N2O4S2/c1-3-5-15(22)25-14-8-26-16(20-14)21-27(23,24)13(4-2)9-6-11(18)12(19)7-10(9)17/h4,6-8,13H,2-3,5H2,1H3,(H,20,21). The van der Waals surface area contributed by atoms with Gasteiger partial charge in [0.05, 0.1) is 15.4 Å². The number of rotatable bonds is 8. The molecule has 27 heavy (non-hydrogen) atoms. The molecule has 1 aromatic carbocycles. The Balaban J connectivity index is 2.24. The largest absolute Gasteiger partial charge is 0.406 e. The van der Waals surface area contributed by atoms with Crippen molar-refractivity contribution < 1.29 is 17.9 Å². The van der Waals surface area contributed by atoms with Crippen molar-refractivity contribution in [1.29, 1.82) is 0 Å². The van der Waals surface area contributed by atoms with E-state index in [2.05, 4.69) is 16.3 Å². The molecular formula is C16H15Cl3N2O4S2. The van der Waals surface area contributed by atoms with Crippen molar-refractivity contribution in [3.05, 3.63) is 50.8 Å². The molecule has 1 N–H and O–H groups in total. The van der Waals surface area contributed by atoms with Crippen LogP contribution in [0.15, 0.2) is 30.2 Å². The van der Waals surface area contributed by atoms with Crippen molar-refractivity contribution in [2.75, 3.05) is 4.72 Å². The van der Waals surface area contributed by atoms with Gasteiger partial charge < -0.3 is 4.74 Å². The van der Waals surface area contributed by atoms with Gasteiger partial charge in [0, 0.05) is 11.4 Å². The summed E-state index contributed by atoms with van der Waals surface area (Å²) in [5.74, 6) is -0.414. The van der Waals surface area contributed by atoms with Crippen molar-refractivity contribution in [2.45, 2.75) is 25.0 Å². The minimum atomic E-state index is -4.00. The van der Waals surface area contributed by atoms with Gasteiger partial charge >= 0.3 is 5.97 Å². The predicted octanol–water partition coefficient (Wildman–Crippen LogP) is 5.48. The third-order valence-corrected chi connectivity index (χ3v) is 6.79. The number of sulfonamides is 1. The van der Waals surface area contributed by atoms with E-state index in [1.165, 1.54) is 23.6 Å². The molecule has 0 saturated carbocycles. The fourth-order valence-electron chi connectivity index (χ4n) is 2.09. The summed E-state index contributed by atoms with van der Waals surface area (Å²) < 4.78 is 32.9. The fourth-order valence-corrected chi connectivity index (χ4v) is 5.02. The lowest BCUT2D eigenvalue weighted by Gasteiger charge is -2.16. The average Bonchev–Trinajstić information content (AvgIpc) is 2.98. The Hall–Kier alpha value is -1.32. The molecule has 11 heteroatoms. The molecule has 0 bridgehead atoms. The van der Waals surface area contributed by atoms with Gasteiger partial charge in [-0.3, -0.25) is 9.52 Å². The van der Waals surface area contributed by atoms with Crippen LogP contribution in [0.4, 0.5) is 5.13 Å². The second-order valence-electron chi connectivity index (χ2n) is 5.31. The summed E-state index contributed by atoms with van der Waals surface area (Å²) in [6.45, 7) is 5.40. The highest BCUT2D eigenvalue weighted by Crippen LogP contribution is 2.37. The number of hydrogen-bond acceptors (Lipinski definition) is 6. The second-order valence-corrected chi connectivity index (χ2v) is 9.19. The summed E-state index contributed by atoms with van der Waals surface area (Å²) in [4.78, 5) is 15.4. The molecule has 6 nitrogen and oxygen atoms in total. The summed E-state index contributed by atoms with van der Waals surface area (Å²) in [6, 6.07) is 2.74. The molecule has 146 valence electrons. The maximum absolute atomic E-state index is 12.8. The Morgan fingerprint density at radius 3 is 2.63 bits per heavy atom. The molecular weight excluding hydrogens is 455 g/mol. The molecule has 0 fully saturated rings. The molecule has 0 spiro atoms. The molecule has 0 amide bonds. The highest BCUT2D eigenvalue weighted by molar-refractivity contribution is 7.93. The van der Waals surface area contributed by atoms with Crippen LogP contribution < -0.4 is 9.46 Å². The van der Waals surface area contributed by atoms with Crippen molar-refractivity contribution in [1.82, 2.24) is 4.98 Å². The van der Waals surface area contributed by atoms with Crippen LogP contribution in [0, 0.1) is 0 Å². The van der Waals surface area contributed by atoms with Gasteiger partial charge in [-0.05, 0) is 24.1 Å². The normalized spacial score (nSPS) is 12.4. The molecule has 1 heterocycles. The van der Waals surface area contributed by atoms with Gasteiger partial charge in [-0.1, -0.05) is 47.8 Å². The predicted molar refractivity (Wildman–Crippen MR) is 110 cm³/mol. The van der Waals surface area contributed by atoms with Crippen LogP contribution in [-0.4, -0.2) is 19.4 Å². The van der Waals surface area contributed by atoms with E-state index in [0.29, 0.717) is 6.42 Å². The van der Waals surface area contributed by atoms with Crippen LogP contribution >= 0.6 is 46.1 Å². The van der Waals surface area contributed by atoms with E-state index in [9.17, 15) is 13.2 Å². The van der Waals surface area contributed by atoms with E-state index in [1.54, 1.807) is 0 Å². The van der Waals surface area contributed by atoms with E-state index in [4.69, 9.17) is 39.5 Å². The minimum absolute atomic E-state index is 0.0267. The van der Waals surface area contributed by atoms with E-state index in [1.807, 2.05) is 6.92 Å². The first-order valence-corrected chi connectivity index (χ1v) is 11.2. The van der Waals surface area contributed by atoms with Crippen molar-refractivity contribution in [3.63, 3.8) is 0 Å². The topological polar surface area (TPSA) is 85.4 Å². The molecule has 1 atom stereocenters. The molecule has 0 saturated heterocycles. The first-order chi connectivity index (χ1) is 12.7. The summed E-state index contributed by atoms with van der Waals surface area (Å²) in [5, 5.41) is 0.773.